The van der Waals surface area contributed by atoms with Gasteiger partial charge < -0.3 is 20.1 Å². The van der Waals surface area contributed by atoms with Crippen LogP contribution in [-0.2, 0) is 9.53 Å². The van der Waals surface area contributed by atoms with E-state index in [-0.39, 0.29) is 30.7 Å². The van der Waals surface area contributed by atoms with E-state index in [0.717, 1.165) is 24.5 Å². The SMILES string of the molecule is COC1(C(=O)Nc2ccc(Oc3ccncc3)cc2)CCNCC1.Cl.Cl. The highest BCUT2D eigenvalue weighted by Crippen LogP contribution is 2.26. The van der Waals surface area contributed by atoms with Crippen LogP contribution in [0, 0.1) is 0 Å². The zero-order valence-electron chi connectivity index (χ0n) is 14.4. The first kappa shape index (κ1) is 22.2. The van der Waals surface area contributed by atoms with E-state index in [1.807, 2.05) is 24.3 Å². The maximum absolute atomic E-state index is 12.6. The van der Waals surface area contributed by atoms with E-state index in [9.17, 15) is 4.79 Å². The average molecular weight is 400 g/mol. The van der Waals surface area contributed by atoms with Gasteiger partial charge in [0.2, 0.25) is 0 Å². The summed E-state index contributed by atoms with van der Waals surface area (Å²) in [5.41, 5.74) is -0.0330. The Balaban J connectivity index is 0.00000169. The zero-order chi connectivity index (χ0) is 16.8. The lowest BCUT2D eigenvalue weighted by molar-refractivity contribution is -0.140. The molecule has 1 saturated heterocycles. The van der Waals surface area contributed by atoms with Crippen molar-refractivity contribution in [1.82, 2.24) is 10.3 Å². The van der Waals surface area contributed by atoms with Crippen molar-refractivity contribution in [3.8, 4) is 11.5 Å². The maximum Gasteiger partial charge on any atom is 0.256 e. The number of nitrogens with one attached hydrogen (secondary N) is 2. The number of halogens is 2. The fraction of sp³-hybridized carbons (Fsp3) is 0.333. The molecule has 0 spiro atoms. The zero-order valence-corrected chi connectivity index (χ0v) is 16.1. The first-order valence-corrected chi connectivity index (χ1v) is 7.97. The fourth-order valence-electron chi connectivity index (χ4n) is 2.75. The molecule has 26 heavy (non-hydrogen) atoms. The molecular weight excluding hydrogens is 377 g/mol. The van der Waals surface area contributed by atoms with Crippen LogP contribution in [0.15, 0.2) is 48.8 Å². The number of carbonyl (C=O) groups is 1. The number of carbonyl (C=O) groups excluding carboxylic acids is 1. The van der Waals surface area contributed by atoms with E-state index in [1.165, 1.54) is 0 Å². The lowest BCUT2D eigenvalue weighted by Gasteiger charge is -2.34. The van der Waals surface area contributed by atoms with Crippen molar-refractivity contribution >= 4 is 36.4 Å². The molecule has 1 aliphatic rings. The minimum Gasteiger partial charge on any atom is -0.457 e. The van der Waals surface area contributed by atoms with Gasteiger partial charge in [0.15, 0.2) is 0 Å². The largest absolute Gasteiger partial charge is 0.457 e. The quantitative estimate of drug-likeness (QED) is 0.805. The van der Waals surface area contributed by atoms with Crippen LogP contribution in [0.5, 0.6) is 11.5 Å². The van der Waals surface area contributed by atoms with Gasteiger partial charge in [0.25, 0.3) is 5.91 Å². The Labute approximate surface area is 165 Å². The summed E-state index contributed by atoms with van der Waals surface area (Å²) in [6, 6.07) is 10.8. The number of nitrogens with zero attached hydrogens (tertiary/aromatic N) is 1. The highest BCUT2D eigenvalue weighted by Gasteiger charge is 2.39. The summed E-state index contributed by atoms with van der Waals surface area (Å²) in [7, 11) is 1.59. The maximum atomic E-state index is 12.6. The molecule has 1 aliphatic heterocycles. The van der Waals surface area contributed by atoms with Gasteiger partial charge in [0, 0.05) is 25.2 Å². The topological polar surface area (TPSA) is 72.5 Å². The molecule has 8 heteroatoms. The number of amides is 1. The van der Waals surface area contributed by atoms with Crippen molar-refractivity contribution in [2.75, 3.05) is 25.5 Å². The van der Waals surface area contributed by atoms with Crippen LogP contribution in [0.2, 0.25) is 0 Å². The molecule has 0 atom stereocenters. The summed E-state index contributed by atoms with van der Waals surface area (Å²) in [5.74, 6) is 1.31. The van der Waals surface area contributed by atoms with Gasteiger partial charge in [0.1, 0.15) is 17.1 Å². The van der Waals surface area contributed by atoms with Crippen molar-refractivity contribution in [3.63, 3.8) is 0 Å². The Morgan fingerprint density at radius 3 is 2.19 bits per heavy atom. The van der Waals surface area contributed by atoms with Crippen molar-refractivity contribution < 1.29 is 14.3 Å². The molecule has 2 N–H and O–H groups in total. The number of rotatable bonds is 5. The second-order valence-corrected chi connectivity index (χ2v) is 5.71. The number of methoxy groups -OCH3 is 1. The minimum atomic E-state index is -0.753. The molecular formula is C18H23Cl2N3O3. The van der Waals surface area contributed by atoms with Crippen molar-refractivity contribution in [1.29, 1.82) is 0 Å². The number of anilines is 1. The van der Waals surface area contributed by atoms with Gasteiger partial charge in [-0.15, -0.1) is 24.8 Å². The Hall–Kier alpha value is -1.86. The standard InChI is InChI=1S/C18H21N3O3.2ClH/c1-23-18(8-12-20-13-9-18)17(22)21-14-2-4-15(5-3-14)24-16-6-10-19-11-7-16;;/h2-7,10-11,20H,8-9,12-13H2,1H3,(H,21,22);2*1H. The molecule has 0 bridgehead atoms. The van der Waals surface area contributed by atoms with Crippen LogP contribution >= 0.6 is 24.8 Å². The van der Waals surface area contributed by atoms with Gasteiger partial charge in [0.05, 0.1) is 0 Å². The predicted molar refractivity (Wildman–Crippen MR) is 106 cm³/mol. The molecule has 0 unspecified atom stereocenters. The minimum absolute atomic E-state index is 0. The van der Waals surface area contributed by atoms with Gasteiger partial charge in [-0.2, -0.15) is 0 Å². The molecule has 1 aromatic heterocycles. The summed E-state index contributed by atoms with van der Waals surface area (Å²) in [4.78, 5) is 16.5. The third-order valence-electron chi connectivity index (χ3n) is 4.21. The smallest absolute Gasteiger partial charge is 0.256 e. The molecule has 3 rings (SSSR count). The van der Waals surface area contributed by atoms with E-state index in [1.54, 1.807) is 31.6 Å². The van der Waals surface area contributed by atoms with Crippen LogP contribution < -0.4 is 15.4 Å². The fourth-order valence-corrected chi connectivity index (χ4v) is 2.75. The van der Waals surface area contributed by atoms with Crippen LogP contribution in [0.4, 0.5) is 5.69 Å². The third-order valence-corrected chi connectivity index (χ3v) is 4.21. The number of hydrogen-bond donors (Lipinski definition) is 2. The van der Waals surface area contributed by atoms with Gasteiger partial charge in [-0.1, -0.05) is 0 Å². The monoisotopic (exact) mass is 399 g/mol. The van der Waals surface area contributed by atoms with E-state index in [4.69, 9.17) is 9.47 Å². The van der Waals surface area contributed by atoms with Crippen LogP contribution in [0.3, 0.4) is 0 Å². The molecule has 2 heterocycles. The Morgan fingerprint density at radius 1 is 1.04 bits per heavy atom. The average Bonchev–Trinajstić information content (AvgIpc) is 2.64. The van der Waals surface area contributed by atoms with Crippen molar-refractivity contribution in [2.24, 2.45) is 0 Å². The van der Waals surface area contributed by atoms with Gasteiger partial charge in [-0.25, -0.2) is 0 Å². The number of benzene rings is 1. The Morgan fingerprint density at radius 2 is 1.62 bits per heavy atom. The molecule has 0 radical (unpaired) electrons. The van der Waals surface area contributed by atoms with Gasteiger partial charge in [-0.3, -0.25) is 9.78 Å². The van der Waals surface area contributed by atoms with Crippen molar-refractivity contribution in [3.05, 3.63) is 48.8 Å². The number of piperidine rings is 1. The molecule has 142 valence electrons. The van der Waals surface area contributed by atoms with E-state index in [0.29, 0.717) is 18.6 Å². The number of ether oxygens (including phenoxy) is 2. The summed E-state index contributed by atoms with van der Waals surface area (Å²) in [6.45, 7) is 1.56. The number of aromatic nitrogens is 1. The second kappa shape index (κ2) is 10.3. The second-order valence-electron chi connectivity index (χ2n) is 5.71. The Kier molecular flexibility index (Phi) is 8.81. The van der Waals surface area contributed by atoms with Crippen LogP contribution in [-0.4, -0.2) is 36.7 Å². The predicted octanol–water partition coefficient (Wildman–Crippen LogP) is 3.42. The summed E-state index contributed by atoms with van der Waals surface area (Å²) in [5, 5.41) is 6.18. The molecule has 2 aromatic rings. The molecule has 1 fully saturated rings. The van der Waals surface area contributed by atoms with Crippen LogP contribution in [0.25, 0.3) is 0 Å². The van der Waals surface area contributed by atoms with E-state index >= 15 is 0 Å². The number of hydrogen-bond acceptors (Lipinski definition) is 5. The molecule has 6 nitrogen and oxygen atoms in total. The molecule has 1 aromatic carbocycles. The third kappa shape index (κ3) is 5.32. The highest BCUT2D eigenvalue weighted by atomic mass is 35.5. The summed E-state index contributed by atoms with van der Waals surface area (Å²) in [6.07, 6.45) is 4.68. The Bertz CT molecular complexity index is 678. The summed E-state index contributed by atoms with van der Waals surface area (Å²) >= 11 is 0. The molecule has 0 aliphatic carbocycles. The van der Waals surface area contributed by atoms with E-state index in [2.05, 4.69) is 15.6 Å². The normalized spacial score (nSPS) is 15.1. The lowest BCUT2D eigenvalue weighted by Crippen LogP contribution is -2.51. The summed E-state index contributed by atoms with van der Waals surface area (Å²) < 4.78 is 11.2. The van der Waals surface area contributed by atoms with Gasteiger partial charge >= 0.3 is 0 Å². The molecule has 1 amide bonds. The lowest BCUT2D eigenvalue weighted by atomic mass is 9.91. The van der Waals surface area contributed by atoms with Crippen molar-refractivity contribution in [2.45, 2.75) is 18.4 Å². The van der Waals surface area contributed by atoms with E-state index < -0.39 is 5.60 Å². The van der Waals surface area contributed by atoms with Gasteiger partial charge in [-0.05, 0) is 62.3 Å². The highest BCUT2D eigenvalue weighted by molar-refractivity contribution is 5.97. The van der Waals surface area contributed by atoms with Crippen LogP contribution in [0.1, 0.15) is 12.8 Å². The number of pyridine rings is 1. The first-order chi connectivity index (χ1) is 11.7. The molecule has 0 saturated carbocycles. The first-order valence-electron chi connectivity index (χ1n) is 7.97.